The van der Waals surface area contributed by atoms with E-state index in [4.69, 9.17) is 11.0 Å². The molecule has 0 spiro atoms. The van der Waals surface area contributed by atoms with Crippen LogP contribution in [0.4, 0.5) is 0 Å². The molecule has 0 fully saturated rings. The molecular weight excluding hydrogens is 312 g/mol. The molecule has 2 aromatic rings. The van der Waals surface area contributed by atoms with Gasteiger partial charge in [-0.1, -0.05) is 0 Å². The standard InChI is InChI=1S/C15H14N6OS/c1-15(5-13(22)21(2)14(17)20-15)12-8-18-7-10(19-12)11-4-3-9(6-16)23-11/h3-4,7-8H,5H2,1-2H3,(H2,17,20)/t15-/m0/s1. The lowest BCUT2D eigenvalue weighted by atomic mass is 9.92. The molecule has 0 aliphatic carbocycles. The van der Waals surface area contributed by atoms with Crippen molar-refractivity contribution in [2.75, 3.05) is 7.05 Å². The van der Waals surface area contributed by atoms with E-state index in [-0.39, 0.29) is 18.3 Å². The van der Waals surface area contributed by atoms with Gasteiger partial charge < -0.3 is 5.73 Å². The molecule has 8 heteroatoms. The molecule has 0 aromatic carbocycles. The van der Waals surface area contributed by atoms with Gasteiger partial charge in [0.15, 0.2) is 5.96 Å². The highest BCUT2D eigenvalue weighted by Crippen LogP contribution is 2.33. The fraction of sp³-hybridized carbons (Fsp3) is 0.267. The molecule has 1 atom stereocenters. The predicted octanol–water partition coefficient (Wildman–Crippen LogP) is 1.47. The molecule has 0 bridgehead atoms. The number of thiophene rings is 1. The lowest BCUT2D eigenvalue weighted by Gasteiger charge is -2.32. The maximum atomic E-state index is 12.1. The van der Waals surface area contributed by atoms with Gasteiger partial charge in [0.1, 0.15) is 16.5 Å². The number of amides is 1. The van der Waals surface area contributed by atoms with Crippen molar-refractivity contribution in [3.05, 3.63) is 35.1 Å². The maximum absolute atomic E-state index is 12.1. The van der Waals surface area contributed by atoms with Crippen LogP contribution in [-0.2, 0) is 10.3 Å². The molecule has 0 radical (unpaired) electrons. The fourth-order valence-corrected chi connectivity index (χ4v) is 3.09. The van der Waals surface area contributed by atoms with E-state index < -0.39 is 5.54 Å². The fourth-order valence-electron chi connectivity index (χ4n) is 2.34. The molecule has 23 heavy (non-hydrogen) atoms. The normalized spacial score (nSPS) is 21.0. The van der Waals surface area contributed by atoms with Crippen molar-refractivity contribution >= 4 is 23.2 Å². The molecule has 2 N–H and O–H groups in total. The minimum atomic E-state index is -0.841. The van der Waals surface area contributed by atoms with Crippen LogP contribution in [-0.4, -0.2) is 33.8 Å². The molecule has 1 aliphatic heterocycles. The predicted molar refractivity (Wildman–Crippen MR) is 86.4 cm³/mol. The van der Waals surface area contributed by atoms with E-state index in [9.17, 15) is 4.79 Å². The van der Waals surface area contributed by atoms with Crippen LogP contribution in [0.25, 0.3) is 10.6 Å². The maximum Gasteiger partial charge on any atom is 0.231 e. The molecule has 3 heterocycles. The first-order valence-corrected chi connectivity index (χ1v) is 7.69. The highest BCUT2D eigenvalue weighted by molar-refractivity contribution is 7.15. The van der Waals surface area contributed by atoms with Crippen LogP contribution in [0.3, 0.4) is 0 Å². The highest BCUT2D eigenvalue weighted by atomic mass is 32.1. The molecule has 0 saturated heterocycles. The van der Waals surface area contributed by atoms with E-state index >= 15 is 0 Å². The average Bonchev–Trinajstić information content (AvgIpc) is 3.02. The van der Waals surface area contributed by atoms with Gasteiger partial charge in [0.2, 0.25) is 5.91 Å². The smallest absolute Gasteiger partial charge is 0.231 e. The number of guanidine groups is 1. The van der Waals surface area contributed by atoms with Gasteiger partial charge >= 0.3 is 0 Å². The minimum Gasteiger partial charge on any atom is -0.369 e. The number of carbonyl (C=O) groups excluding carboxylic acids is 1. The van der Waals surface area contributed by atoms with Gasteiger partial charge in [-0.25, -0.2) is 9.98 Å². The SMILES string of the molecule is CN1C(=O)C[C@@](C)(c2cncc(-c3ccc(C#N)s3)n2)N=C1N. The van der Waals surface area contributed by atoms with Crippen LogP contribution in [0.15, 0.2) is 29.5 Å². The first kappa shape index (κ1) is 15.1. The number of hydrogen-bond donors (Lipinski definition) is 1. The van der Waals surface area contributed by atoms with Gasteiger partial charge in [-0.05, 0) is 19.1 Å². The number of nitriles is 1. The quantitative estimate of drug-likeness (QED) is 0.899. The molecule has 2 aromatic heterocycles. The van der Waals surface area contributed by atoms with Crippen molar-refractivity contribution < 1.29 is 4.79 Å². The second kappa shape index (κ2) is 5.44. The van der Waals surface area contributed by atoms with E-state index in [0.717, 1.165) is 4.88 Å². The Morgan fingerprint density at radius 2 is 2.22 bits per heavy atom. The van der Waals surface area contributed by atoms with Crippen LogP contribution in [0.1, 0.15) is 23.9 Å². The van der Waals surface area contributed by atoms with Crippen LogP contribution in [0, 0.1) is 11.3 Å². The van der Waals surface area contributed by atoms with Crippen LogP contribution in [0.5, 0.6) is 0 Å². The Morgan fingerprint density at radius 1 is 1.43 bits per heavy atom. The topological polar surface area (TPSA) is 108 Å². The summed E-state index contributed by atoms with van der Waals surface area (Å²) in [6.45, 7) is 1.81. The second-order valence-corrected chi connectivity index (χ2v) is 6.52. The minimum absolute atomic E-state index is 0.116. The summed E-state index contributed by atoms with van der Waals surface area (Å²) in [7, 11) is 1.60. The summed E-state index contributed by atoms with van der Waals surface area (Å²) in [6.07, 6.45) is 3.40. The molecule has 116 valence electrons. The summed E-state index contributed by atoms with van der Waals surface area (Å²) in [6, 6.07) is 5.67. The Hall–Kier alpha value is -2.79. The van der Waals surface area contributed by atoms with Gasteiger partial charge in [-0.3, -0.25) is 14.7 Å². The Balaban J connectivity index is 2.03. The summed E-state index contributed by atoms with van der Waals surface area (Å²) < 4.78 is 0. The Morgan fingerprint density at radius 3 is 2.87 bits per heavy atom. The lowest BCUT2D eigenvalue weighted by molar-refractivity contribution is -0.128. The Bertz CT molecular complexity index is 852. The number of nitrogens with zero attached hydrogens (tertiary/aromatic N) is 5. The lowest BCUT2D eigenvalue weighted by Crippen LogP contribution is -2.47. The average molecular weight is 326 g/mol. The van der Waals surface area contributed by atoms with Crippen molar-refractivity contribution in [1.29, 1.82) is 5.26 Å². The molecule has 0 unspecified atom stereocenters. The van der Waals surface area contributed by atoms with Crippen molar-refractivity contribution in [2.45, 2.75) is 18.9 Å². The molecule has 7 nitrogen and oxygen atoms in total. The van der Waals surface area contributed by atoms with Crippen LogP contribution < -0.4 is 5.73 Å². The van der Waals surface area contributed by atoms with Crippen molar-refractivity contribution in [3.8, 4) is 16.6 Å². The van der Waals surface area contributed by atoms with E-state index in [1.165, 1.54) is 16.2 Å². The van der Waals surface area contributed by atoms with Gasteiger partial charge in [0, 0.05) is 7.05 Å². The molecular formula is C15H14N6OS. The first-order chi connectivity index (χ1) is 10.9. The van der Waals surface area contributed by atoms with E-state index in [0.29, 0.717) is 16.3 Å². The molecule has 1 amide bonds. The van der Waals surface area contributed by atoms with Crippen molar-refractivity contribution in [3.63, 3.8) is 0 Å². The Labute approximate surface area is 137 Å². The number of aromatic nitrogens is 2. The van der Waals surface area contributed by atoms with Gasteiger partial charge in [-0.2, -0.15) is 5.26 Å². The zero-order valence-corrected chi connectivity index (χ0v) is 13.5. The summed E-state index contributed by atoms with van der Waals surface area (Å²) >= 11 is 1.34. The third-order valence-corrected chi connectivity index (χ3v) is 4.74. The second-order valence-electron chi connectivity index (χ2n) is 5.44. The van der Waals surface area contributed by atoms with E-state index in [2.05, 4.69) is 21.0 Å². The third-order valence-electron chi connectivity index (χ3n) is 3.73. The summed E-state index contributed by atoms with van der Waals surface area (Å²) in [5, 5.41) is 8.93. The van der Waals surface area contributed by atoms with Crippen molar-refractivity contribution in [2.24, 2.45) is 10.7 Å². The third kappa shape index (κ3) is 2.66. The molecule has 1 aliphatic rings. The van der Waals surface area contributed by atoms with Gasteiger partial charge in [-0.15, -0.1) is 11.3 Å². The zero-order chi connectivity index (χ0) is 16.6. The van der Waals surface area contributed by atoms with E-state index in [1.54, 1.807) is 25.5 Å². The summed E-state index contributed by atoms with van der Waals surface area (Å²) in [4.78, 5) is 28.1. The number of aliphatic imine (C=N–C) groups is 1. The first-order valence-electron chi connectivity index (χ1n) is 6.88. The van der Waals surface area contributed by atoms with Crippen LogP contribution in [0.2, 0.25) is 0 Å². The summed E-state index contributed by atoms with van der Waals surface area (Å²) in [5.41, 5.74) is 6.21. The number of nitrogens with two attached hydrogens (primary N) is 1. The highest BCUT2D eigenvalue weighted by Gasteiger charge is 2.37. The molecule has 3 rings (SSSR count). The van der Waals surface area contributed by atoms with Gasteiger partial charge in [0.05, 0.1) is 35.1 Å². The largest absolute Gasteiger partial charge is 0.369 e. The Kier molecular flexibility index (Phi) is 3.58. The van der Waals surface area contributed by atoms with E-state index in [1.807, 2.05) is 13.0 Å². The monoisotopic (exact) mass is 326 g/mol. The number of rotatable bonds is 2. The summed E-state index contributed by atoms with van der Waals surface area (Å²) in [5.74, 6) is 0.0499. The van der Waals surface area contributed by atoms with Crippen molar-refractivity contribution in [1.82, 2.24) is 14.9 Å². The zero-order valence-electron chi connectivity index (χ0n) is 12.6. The number of hydrogen-bond acceptors (Lipinski definition) is 7. The van der Waals surface area contributed by atoms with Gasteiger partial charge in [0.25, 0.3) is 0 Å². The number of carbonyl (C=O) groups is 1. The van der Waals surface area contributed by atoms with Crippen LogP contribution >= 0.6 is 11.3 Å². The molecule has 0 saturated carbocycles.